The Morgan fingerprint density at radius 3 is 1.94 bits per heavy atom. The molecule has 0 radical (unpaired) electrons. The van der Waals surface area contributed by atoms with E-state index in [0.717, 1.165) is 0 Å². The molecule has 0 bridgehead atoms. The molecule has 2 rings (SSSR count). The fraction of sp³-hybridized carbons (Fsp3) is 0.524. The zero-order valence-corrected chi connectivity index (χ0v) is 18.5. The van der Waals surface area contributed by atoms with Gasteiger partial charge in [-0.1, -0.05) is 0 Å². The van der Waals surface area contributed by atoms with Crippen LogP contribution in [0.2, 0.25) is 0 Å². The predicted octanol–water partition coefficient (Wildman–Crippen LogP) is 0.730. The second-order valence-corrected chi connectivity index (χ2v) is 7.01. The van der Waals surface area contributed by atoms with Crippen LogP contribution in [0.25, 0.3) is 0 Å². The molecule has 1 saturated heterocycles. The first-order valence-corrected chi connectivity index (χ1v) is 9.81. The Kier molecular flexibility index (Phi) is 8.82. The van der Waals surface area contributed by atoms with Crippen molar-refractivity contribution in [1.29, 1.82) is 0 Å². The number of benzene rings is 1. The van der Waals surface area contributed by atoms with E-state index in [1.54, 1.807) is 24.3 Å². The fourth-order valence-electron chi connectivity index (χ4n) is 3.18. The number of ether oxygens (including phenoxy) is 6. The van der Waals surface area contributed by atoms with E-state index in [9.17, 15) is 19.2 Å². The summed E-state index contributed by atoms with van der Waals surface area (Å²) >= 11 is 0. The van der Waals surface area contributed by atoms with E-state index in [1.165, 1.54) is 34.8 Å². The first kappa shape index (κ1) is 24.9. The van der Waals surface area contributed by atoms with Crippen molar-refractivity contribution in [3.8, 4) is 11.5 Å². The largest absolute Gasteiger partial charge is 0.497 e. The maximum absolute atomic E-state index is 11.9. The zero-order chi connectivity index (χ0) is 23.8. The lowest BCUT2D eigenvalue weighted by molar-refractivity contribution is -0.257. The van der Waals surface area contributed by atoms with Crippen LogP contribution < -0.4 is 14.8 Å². The van der Waals surface area contributed by atoms with Crippen molar-refractivity contribution in [2.24, 2.45) is 0 Å². The SMILES string of the molecule is COc1ccc(O[C@H]2O[C@@H](COC(C)=O)[C@@H](OC(C)=O)[C@@H](OC(C)=O)[C@@H]2NC(C)=O)cc1. The summed E-state index contributed by atoms with van der Waals surface area (Å²) in [5.41, 5.74) is 0. The summed E-state index contributed by atoms with van der Waals surface area (Å²) in [7, 11) is 1.52. The number of carbonyl (C=O) groups is 4. The number of nitrogens with one attached hydrogen (secondary N) is 1. The van der Waals surface area contributed by atoms with Crippen LogP contribution in [0.4, 0.5) is 0 Å². The third kappa shape index (κ3) is 7.12. The van der Waals surface area contributed by atoms with Gasteiger partial charge in [0.1, 0.15) is 30.3 Å². The summed E-state index contributed by atoms with van der Waals surface area (Å²) in [5.74, 6) is -1.45. The van der Waals surface area contributed by atoms with Gasteiger partial charge in [0.05, 0.1) is 7.11 Å². The number of rotatable bonds is 8. The first-order chi connectivity index (χ1) is 15.1. The van der Waals surface area contributed by atoms with Crippen molar-refractivity contribution in [2.45, 2.75) is 58.3 Å². The minimum Gasteiger partial charge on any atom is -0.497 e. The Hall–Kier alpha value is -3.34. The first-order valence-electron chi connectivity index (χ1n) is 9.81. The Labute approximate surface area is 185 Å². The lowest BCUT2D eigenvalue weighted by Gasteiger charge is -2.44. The molecule has 0 unspecified atom stereocenters. The molecule has 32 heavy (non-hydrogen) atoms. The molecule has 0 aliphatic carbocycles. The second kappa shape index (κ2) is 11.3. The van der Waals surface area contributed by atoms with Crippen LogP contribution in [-0.2, 0) is 38.1 Å². The molecule has 1 N–H and O–H groups in total. The number of amides is 1. The summed E-state index contributed by atoms with van der Waals surface area (Å²) in [4.78, 5) is 46.8. The van der Waals surface area contributed by atoms with Crippen LogP contribution in [0, 0.1) is 0 Å². The molecular formula is C21H27NO10. The van der Waals surface area contributed by atoms with Crippen molar-refractivity contribution in [3.63, 3.8) is 0 Å². The van der Waals surface area contributed by atoms with E-state index in [2.05, 4.69) is 5.32 Å². The maximum Gasteiger partial charge on any atom is 0.303 e. The summed E-state index contributed by atoms with van der Waals surface area (Å²) in [6, 6.07) is 5.51. The van der Waals surface area contributed by atoms with Crippen LogP contribution in [0.1, 0.15) is 27.7 Å². The topological polar surface area (TPSA) is 136 Å². The quantitative estimate of drug-likeness (QED) is 0.443. The molecule has 1 fully saturated rings. The molecule has 0 spiro atoms. The van der Waals surface area contributed by atoms with Crippen molar-refractivity contribution in [1.82, 2.24) is 5.32 Å². The standard InChI is InChI=1S/C21H27NO10/c1-11(23)22-18-20(30-14(4)26)19(29-13(3)25)17(10-28-12(2)24)32-21(18)31-16-8-6-15(27-5)7-9-16/h6-9,17-21H,10H2,1-5H3,(H,22,23)/t17-,18-,19+,20-,21-/m0/s1. The summed E-state index contributed by atoms with van der Waals surface area (Å²) in [5, 5.41) is 2.63. The Bertz CT molecular complexity index is 824. The molecule has 1 amide bonds. The lowest BCUT2D eigenvalue weighted by Crippen LogP contribution is -2.67. The fourth-order valence-corrected chi connectivity index (χ4v) is 3.18. The number of methoxy groups -OCH3 is 1. The molecule has 5 atom stereocenters. The molecule has 11 nitrogen and oxygen atoms in total. The van der Waals surface area contributed by atoms with Gasteiger partial charge in [0, 0.05) is 27.7 Å². The van der Waals surface area contributed by atoms with Gasteiger partial charge in [0.2, 0.25) is 12.2 Å². The van der Waals surface area contributed by atoms with Gasteiger partial charge in [-0.05, 0) is 24.3 Å². The van der Waals surface area contributed by atoms with Gasteiger partial charge in [0.25, 0.3) is 0 Å². The average molecular weight is 453 g/mol. The Morgan fingerprint density at radius 1 is 0.875 bits per heavy atom. The Morgan fingerprint density at radius 2 is 1.44 bits per heavy atom. The van der Waals surface area contributed by atoms with Crippen LogP contribution in [0.3, 0.4) is 0 Å². The van der Waals surface area contributed by atoms with Gasteiger partial charge in [0.15, 0.2) is 12.2 Å². The molecule has 1 heterocycles. The van der Waals surface area contributed by atoms with Crippen LogP contribution in [0.5, 0.6) is 11.5 Å². The third-order valence-electron chi connectivity index (χ3n) is 4.38. The van der Waals surface area contributed by atoms with E-state index in [0.29, 0.717) is 11.5 Å². The predicted molar refractivity (Wildman–Crippen MR) is 108 cm³/mol. The molecule has 1 aromatic carbocycles. The number of hydrogen-bond donors (Lipinski definition) is 1. The minimum atomic E-state index is -1.18. The molecule has 1 aliphatic rings. The molecule has 0 saturated carbocycles. The van der Waals surface area contributed by atoms with Crippen LogP contribution >= 0.6 is 0 Å². The molecule has 1 aromatic rings. The minimum absolute atomic E-state index is 0.305. The van der Waals surface area contributed by atoms with Gasteiger partial charge in [-0.15, -0.1) is 0 Å². The Balaban J connectivity index is 2.42. The zero-order valence-electron chi connectivity index (χ0n) is 18.5. The van der Waals surface area contributed by atoms with Crippen LogP contribution in [0.15, 0.2) is 24.3 Å². The number of hydrogen-bond acceptors (Lipinski definition) is 10. The van der Waals surface area contributed by atoms with E-state index >= 15 is 0 Å². The highest BCUT2D eigenvalue weighted by atomic mass is 16.7. The van der Waals surface area contributed by atoms with Gasteiger partial charge < -0.3 is 33.7 Å². The third-order valence-corrected chi connectivity index (χ3v) is 4.38. The van der Waals surface area contributed by atoms with Gasteiger partial charge >= 0.3 is 17.9 Å². The van der Waals surface area contributed by atoms with Gasteiger partial charge in [-0.25, -0.2) is 0 Å². The monoisotopic (exact) mass is 453 g/mol. The molecule has 0 aromatic heterocycles. The van der Waals surface area contributed by atoms with Crippen molar-refractivity contribution < 1.29 is 47.6 Å². The highest BCUT2D eigenvalue weighted by Crippen LogP contribution is 2.29. The van der Waals surface area contributed by atoms with Gasteiger partial charge in [-0.3, -0.25) is 19.2 Å². The van der Waals surface area contributed by atoms with Crippen molar-refractivity contribution >= 4 is 23.8 Å². The summed E-state index contributed by atoms with van der Waals surface area (Å²) in [6.07, 6.45) is -4.58. The molecule has 11 heteroatoms. The van der Waals surface area contributed by atoms with Crippen molar-refractivity contribution in [3.05, 3.63) is 24.3 Å². The smallest absolute Gasteiger partial charge is 0.303 e. The van der Waals surface area contributed by atoms with E-state index in [4.69, 9.17) is 28.4 Å². The average Bonchev–Trinajstić information content (AvgIpc) is 2.70. The molecular weight excluding hydrogens is 426 g/mol. The van der Waals surface area contributed by atoms with E-state index < -0.39 is 54.5 Å². The maximum atomic E-state index is 11.9. The second-order valence-electron chi connectivity index (χ2n) is 7.01. The lowest BCUT2D eigenvalue weighted by atomic mass is 9.96. The van der Waals surface area contributed by atoms with Crippen LogP contribution in [-0.4, -0.2) is 68.2 Å². The normalized spacial score (nSPS) is 24.6. The number of carbonyl (C=O) groups excluding carboxylic acids is 4. The summed E-state index contributed by atoms with van der Waals surface area (Å²) in [6.45, 7) is 4.51. The van der Waals surface area contributed by atoms with E-state index in [1.807, 2.05) is 0 Å². The molecule has 1 aliphatic heterocycles. The number of esters is 3. The highest BCUT2D eigenvalue weighted by Gasteiger charge is 2.51. The van der Waals surface area contributed by atoms with Crippen molar-refractivity contribution in [2.75, 3.05) is 13.7 Å². The van der Waals surface area contributed by atoms with Gasteiger partial charge in [-0.2, -0.15) is 0 Å². The highest BCUT2D eigenvalue weighted by molar-refractivity contribution is 5.73. The molecule has 176 valence electrons. The summed E-state index contributed by atoms with van der Waals surface area (Å²) < 4.78 is 32.7. The van der Waals surface area contributed by atoms with E-state index in [-0.39, 0.29) is 6.61 Å².